The van der Waals surface area contributed by atoms with Gasteiger partial charge in [-0.3, -0.25) is 9.59 Å². The molecule has 1 unspecified atom stereocenters. The number of Topliss-reactive ketones (excluding diaryl/α,β-unsaturated/α-hetero) is 2. The predicted molar refractivity (Wildman–Crippen MR) is 120 cm³/mol. The van der Waals surface area contributed by atoms with Gasteiger partial charge in [-0.15, -0.1) is 0 Å². The highest BCUT2D eigenvalue weighted by Gasteiger charge is 2.26. The summed E-state index contributed by atoms with van der Waals surface area (Å²) in [6, 6.07) is 0. The molecule has 1 fully saturated rings. The summed E-state index contributed by atoms with van der Waals surface area (Å²) in [5.74, 6) is 2.14. The van der Waals surface area contributed by atoms with E-state index >= 15 is 0 Å². The molecule has 0 heterocycles. The van der Waals surface area contributed by atoms with Crippen LogP contribution in [0.25, 0.3) is 0 Å². The average Bonchev–Trinajstić information content (AvgIpc) is 2.69. The summed E-state index contributed by atoms with van der Waals surface area (Å²) in [6.07, 6.45) is 21.9. The van der Waals surface area contributed by atoms with Gasteiger partial charge in [0.25, 0.3) is 0 Å². The third kappa shape index (κ3) is 11.4. The highest BCUT2D eigenvalue weighted by Crippen LogP contribution is 2.36. The summed E-state index contributed by atoms with van der Waals surface area (Å²) < 4.78 is 0. The second kappa shape index (κ2) is 15.5. The zero-order valence-electron chi connectivity index (χ0n) is 18.4. The van der Waals surface area contributed by atoms with Crippen molar-refractivity contribution in [3.63, 3.8) is 0 Å². The summed E-state index contributed by atoms with van der Waals surface area (Å²) in [5, 5.41) is 0. The zero-order valence-corrected chi connectivity index (χ0v) is 18.4. The lowest BCUT2D eigenvalue weighted by molar-refractivity contribution is -0.122. The minimum Gasteiger partial charge on any atom is -0.300 e. The van der Waals surface area contributed by atoms with Crippen LogP contribution in [0.2, 0.25) is 0 Å². The fourth-order valence-corrected chi connectivity index (χ4v) is 4.28. The molecule has 1 saturated carbocycles. The van der Waals surface area contributed by atoms with Crippen molar-refractivity contribution in [2.24, 2.45) is 11.8 Å². The third-order valence-electron chi connectivity index (χ3n) is 6.07. The number of hydrogen-bond donors (Lipinski definition) is 0. The van der Waals surface area contributed by atoms with Crippen LogP contribution in [0.1, 0.15) is 104 Å². The van der Waals surface area contributed by atoms with Crippen LogP contribution in [0, 0.1) is 11.8 Å². The summed E-state index contributed by atoms with van der Waals surface area (Å²) in [7, 11) is 0. The molecule has 0 aromatic rings. The largest absolute Gasteiger partial charge is 0.300 e. The van der Waals surface area contributed by atoms with Crippen LogP contribution >= 0.6 is 0 Å². The molecule has 0 aromatic heterocycles. The third-order valence-corrected chi connectivity index (χ3v) is 6.07. The molecule has 2 heteroatoms. The first-order valence-electron chi connectivity index (χ1n) is 11.5. The second-order valence-electron chi connectivity index (χ2n) is 8.57. The zero-order chi connectivity index (χ0) is 20.6. The lowest BCUT2D eigenvalue weighted by atomic mass is 9.74. The Hall–Kier alpha value is -1.44. The Bertz CT molecular complexity index is 527. The number of carbonyl (C=O) groups excluding carboxylic acids is 2. The Balaban J connectivity index is 2.18. The molecular formula is C26H42O2. The van der Waals surface area contributed by atoms with E-state index in [1.165, 1.54) is 50.5 Å². The van der Waals surface area contributed by atoms with E-state index in [0.29, 0.717) is 36.7 Å². The van der Waals surface area contributed by atoms with Crippen LogP contribution in [0.5, 0.6) is 0 Å². The van der Waals surface area contributed by atoms with Gasteiger partial charge in [-0.25, -0.2) is 0 Å². The van der Waals surface area contributed by atoms with Gasteiger partial charge in [0.2, 0.25) is 0 Å². The van der Waals surface area contributed by atoms with Gasteiger partial charge in [0.15, 0.2) is 0 Å². The minimum atomic E-state index is 0.319. The first-order valence-corrected chi connectivity index (χ1v) is 11.5. The van der Waals surface area contributed by atoms with Gasteiger partial charge < -0.3 is 0 Å². The number of ketones is 2. The van der Waals surface area contributed by atoms with Crippen LogP contribution < -0.4 is 0 Å². The summed E-state index contributed by atoms with van der Waals surface area (Å²) in [4.78, 5) is 24.4. The molecule has 158 valence electrons. The van der Waals surface area contributed by atoms with E-state index in [2.05, 4.69) is 20.4 Å². The van der Waals surface area contributed by atoms with E-state index in [9.17, 15) is 9.59 Å². The van der Waals surface area contributed by atoms with Gasteiger partial charge in [0, 0.05) is 25.7 Å². The Labute approximate surface area is 173 Å². The van der Waals surface area contributed by atoms with Crippen LogP contribution in [0.4, 0.5) is 0 Å². The molecule has 2 atom stereocenters. The molecule has 0 aromatic carbocycles. The minimum absolute atomic E-state index is 0.319. The molecule has 0 radical (unpaired) electrons. The number of rotatable bonds is 15. The Morgan fingerprint density at radius 1 is 0.893 bits per heavy atom. The Morgan fingerprint density at radius 3 is 2.25 bits per heavy atom. The Morgan fingerprint density at radius 2 is 1.57 bits per heavy atom. The molecule has 1 aliphatic rings. The van der Waals surface area contributed by atoms with Gasteiger partial charge in [-0.2, -0.15) is 0 Å². The van der Waals surface area contributed by atoms with Crippen LogP contribution in [0.15, 0.2) is 36.5 Å². The predicted octanol–water partition coefficient (Wildman–Crippen LogP) is 7.54. The highest BCUT2D eigenvalue weighted by molar-refractivity contribution is 5.79. The van der Waals surface area contributed by atoms with Crippen molar-refractivity contribution in [3.05, 3.63) is 36.5 Å². The quantitative estimate of drug-likeness (QED) is 0.215. The molecular weight excluding hydrogens is 344 g/mol. The van der Waals surface area contributed by atoms with Crippen molar-refractivity contribution in [2.75, 3.05) is 0 Å². The number of carbonyl (C=O) groups is 2. The van der Waals surface area contributed by atoms with Crippen molar-refractivity contribution in [2.45, 2.75) is 104 Å². The van der Waals surface area contributed by atoms with Gasteiger partial charge in [0.05, 0.1) is 0 Å². The van der Waals surface area contributed by atoms with Gasteiger partial charge in [-0.05, 0) is 44.4 Å². The molecule has 0 amide bonds. The van der Waals surface area contributed by atoms with E-state index in [1.54, 1.807) is 6.08 Å². The molecule has 0 N–H and O–H groups in total. The molecule has 1 rings (SSSR count). The molecule has 2 nitrogen and oxygen atoms in total. The smallest absolute Gasteiger partial charge is 0.133 e. The maximum Gasteiger partial charge on any atom is 0.133 e. The summed E-state index contributed by atoms with van der Waals surface area (Å²) >= 11 is 0. The first kappa shape index (κ1) is 24.6. The van der Waals surface area contributed by atoms with Crippen molar-refractivity contribution in [1.82, 2.24) is 0 Å². The first-order chi connectivity index (χ1) is 13.6. The number of hydrogen-bond acceptors (Lipinski definition) is 2. The molecule has 0 spiro atoms. The van der Waals surface area contributed by atoms with Crippen molar-refractivity contribution < 1.29 is 9.59 Å². The van der Waals surface area contributed by atoms with Crippen LogP contribution in [0.3, 0.4) is 0 Å². The molecule has 28 heavy (non-hydrogen) atoms. The monoisotopic (exact) mass is 386 g/mol. The SMILES string of the molecule is C=C/C=C\C=C(/C)CCC(=O)CCCCC(=O)C[C@H]1CCCCC1CCCC. The second-order valence-corrected chi connectivity index (χ2v) is 8.57. The molecule has 0 saturated heterocycles. The topological polar surface area (TPSA) is 34.1 Å². The highest BCUT2D eigenvalue weighted by atomic mass is 16.1. The van der Waals surface area contributed by atoms with Crippen LogP contribution in [-0.2, 0) is 9.59 Å². The summed E-state index contributed by atoms with van der Waals surface area (Å²) in [6.45, 7) is 7.95. The van der Waals surface area contributed by atoms with Gasteiger partial charge in [0.1, 0.15) is 11.6 Å². The fraction of sp³-hybridized carbons (Fsp3) is 0.692. The standard InChI is InChI=1S/C26H42O2/c1-4-6-8-13-22(3)19-20-25(27)17-11-12-18-26(28)21-24-16-10-9-15-23(24)14-7-5-2/h4,6,8,13,23-24H,1,5,7,9-12,14-21H2,2-3H3/b8-6-,22-13+/t23?,24-/m1/s1. The van der Waals surface area contributed by atoms with Gasteiger partial charge in [-0.1, -0.05) is 81.9 Å². The van der Waals surface area contributed by atoms with Crippen molar-refractivity contribution in [1.29, 1.82) is 0 Å². The lowest BCUT2D eigenvalue weighted by Crippen LogP contribution is -2.22. The van der Waals surface area contributed by atoms with Crippen molar-refractivity contribution in [3.8, 4) is 0 Å². The van der Waals surface area contributed by atoms with Gasteiger partial charge >= 0.3 is 0 Å². The maximum atomic E-state index is 12.4. The fourth-order valence-electron chi connectivity index (χ4n) is 4.28. The number of allylic oxidation sites excluding steroid dienone is 5. The normalized spacial score (nSPS) is 20.4. The van der Waals surface area contributed by atoms with E-state index < -0.39 is 0 Å². The number of unbranched alkanes of at least 4 members (excludes halogenated alkanes) is 2. The Kier molecular flexibility index (Phi) is 13.6. The molecule has 1 aliphatic carbocycles. The average molecular weight is 387 g/mol. The van der Waals surface area contributed by atoms with Crippen molar-refractivity contribution >= 4 is 11.6 Å². The van der Waals surface area contributed by atoms with E-state index in [0.717, 1.165) is 31.6 Å². The molecule has 0 aliphatic heterocycles. The molecule has 0 bridgehead atoms. The maximum absolute atomic E-state index is 12.4. The van der Waals surface area contributed by atoms with E-state index in [-0.39, 0.29) is 0 Å². The van der Waals surface area contributed by atoms with E-state index in [1.807, 2.05) is 18.2 Å². The van der Waals surface area contributed by atoms with Crippen LogP contribution in [-0.4, -0.2) is 11.6 Å². The lowest BCUT2D eigenvalue weighted by Gasteiger charge is -2.31. The summed E-state index contributed by atoms with van der Waals surface area (Å²) in [5.41, 5.74) is 1.21. The van der Waals surface area contributed by atoms with E-state index in [4.69, 9.17) is 0 Å².